The summed E-state index contributed by atoms with van der Waals surface area (Å²) >= 11 is 0. The van der Waals surface area contributed by atoms with Crippen molar-refractivity contribution in [2.75, 3.05) is 18.6 Å². The molecule has 2 aromatic carbocycles. The highest BCUT2D eigenvalue weighted by atomic mass is 16.5. The van der Waals surface area contributed by atoms with E-state index in [0.717, 1.165) is 28.1 Å². The second-order valence-corrected chi connectivity index (χ2v) is 7.06. The van der Waals surface area contributed by atoms with Crippen LogP contribution in [0, 0.1) is 13.8 Å². The molecule has 1 fully saturated rings. The highest BCUT2D eigenvalue weighted by molar-refractivity contribution is 6.01. The van der Waals surface area contributed by atoms with E-state index >= 15 is 0 Å². The van der Waals surface area contributed by atoms with E-state index < -0.39 is 6.04 Å². The van der Waals surface area contributed by atoms with E-state index in [1.165, 1.54) is 0 Å². The lowest BCUT2D eigenvalue weighted by molar-refractivity contribution is -0.126. The fraction of sp³-hybridized carbons (Fsp3) is 0.364. The molecule has 0 unspecified atom stereocenters. The number of carbonyl (C=O) groups excluding carboxylic acids is 2. The van der Waals surface area contributed by atoms with E-state index in [2.05, 4.69) is 11.4 Å². The lowest BCUT2D eigenvalue weighted by Crippen LogP contribution is -2.41. The molecule has 0 radical (unpaired) electrons. The molecule has 3 rings (SSSR count). The standard InChI is InChI=1S/C22H26N2O3/c1-15-12-16(2)14-18(13-15)24-11-10-19(22(24)26)23-21(25)9-8-17-6-4-5-7-20(17)27-3/h4-7,12-14,19H,8-11H2,1-3H3,(H,23,25)/t19-/m0/s1. The number of nitrogens with zero attached hydrogens (tertiary/aromatic N) is 1. The van der Waals surface area contributed by atoms with Gasteiger partial charge in [0.25, 0.3) is 0 Å². The van der Waals surface area contributed by atoms with Gasteiger partial charge in [0.05, 0.1) is 7.11 Å². The Morgan fingerprint density at radius 2 is 1.89 bits per heavy atom. The highest BCUT2D eigenvalue weighted by Gasteiger charge is 2.33. The Morgan fingerprint density at radius 1 is 1.19 bits per heavy atom. The molecule has 5 heteroatoms. The number of amides is 2. The van der Waals surface area contributed by atoms with Gasteiger partial charge in [-0.15, -0.1) is 0 Å². The van der Waals surface area contributed by atoms with Crippen molar-refractivity contribution >= 4 is 17.5 Å². The van der Waals surface area contributed by atoms with Gasteiger partial charge in [-0.1, -0.05) is 24.3 Å². The van der Waals surface area contributed by atoms with Crippen LogP contribution in [0.5, 0.6) is 5.75 Å². The van der Waals surface area contributed by atoms with Crippen molar-refractivity contribution in [2.24, 2.45) is 0 Å². The van der Waals surface area contributed by atoms with Crippen LogP contribution in [0.4, 0.5) is 5.69 Å². The Morgan fingerprint density at radius 3 is 2.59 bits per heavy atom. The summed E-state index contributed by atoms with van der Waals surface area (Å²) in [6.45, 7) is 4.67. The number of aryl methyl sites for hydroxylation is 3. The van der Waals surface area contributed by atoms with Crippen LogP contribution >= 0.6 is 0 Å². The molecule has 27 heavy (non-hydrogen) atoms. The van der Waals surface area contributed by atoms with Gasteiger partial charge in [-0.2, -0.15) is 0 Å². The average Bonchev–Trinajstić information content (AvgIpc) is 3.00. The second kappa shape index (κ2) is 8.25. The van der Waals surface area contributed by atoms with Crippen LogP contribution in [0.25, 0.3) is 0 Å². The van der Waals surface area contributed by atoms with E-state index in [4.69, 9.17) is 4.74 Å². The van der Waals surface area contributed by atoms with Crippen molar-refractivity contribution in [3.8, 4) is 5.75 Å². The van der Waals surface area contributed by atoms with Crippen LogP contribution in [0.15, 0.2) is 42.5 Å². The SMILES string of the molecule is COc1ccccc1CCC(=O)N[C@H]1CCN(c2cc(C)cc(C)c2)C1=O. The van der Waals surface area contributed by atoms with Crippen LogP contribution in [0.3, 0.4) is 0 Å². The highest BCUT2D eigenvalue weighted by Crippen LogP contribution is 2.24. The Hall–Kier alpha value is -2.82. The maximum absolute atomic E-state index is 12.7. The van der Waals surface area contributed by atoms with E-state index in [0.29, 0.717) is 25.8 Å². The molecule has 0 aliphatic carbocycles. The van der Waals surface area contributed by atoms with Gasteiger partial charge in [0.15, 0.2) is 0 Å². The zero-order chi connectivity index (χ0) is 19.4. The topological polar surface area (TPSA) is 58.6 Å². The minimum absolute atomic E-state index is 0.0364. The van der Waals surface area contributed by atoms with Gasteiger partial charge in [0.2, 0.25) is 11.8 Å². The quantitative estimate of drug-likeness (QED) is 0.854. The number of nitrogens with one attached hydrogen (secondary N) is 1. The largest absolute Gasteiger partial charge is 0.496 e. The fourth-order valence-electron chi connectivity index (χ4n) is 3.60. The second-order valence-electron chi connectivity index (χ2n) is 7.06. The number of hydrogen-bond acceptors (Lipinski definition) is 3. The molecule has 0 spiro atoms. The normalized spacial score (nSPS) is 16.5. The first-order valence-electron chi connectivity index (χ1n) is 9.29. The smallest absolute Gasteiger partial charge is 0.249 e. The molecule has 1 heterocycles. The molecule has 0 saturated carbocycles. The maximum Gasteiger partial charge on any atom is 0.249 e. The molecule has 1 aliphatic rings. The number of hydrogen-bond donors (Lipinski definition) is 1. The van der Waals surface area contributed by atoms with Crippen LogP contribution in [0.2, 0.25) is 0 Å². The Bertz CT molecular complexity index is 827. The maximum atomic E-state index is 12.7. The summed E-state index contributed by atoms with van der Waals surface area (Å²) in [5.41, 5.74) is 4.15. The molecule has 1 atom stereocenters. The van der Waals surface area contributed by atoms with Crippen LogP contribution in [-0.4, -0.2) is 31.5 Å². The lowest BCUT2D eigenvalue weighted by atomic mass is 10.1. The summed E-state index contributed by atoms with van der Waals surface area (Å²) in [5, 5.41) is 2.89. The molecule has 0 aromatic heterocycles. The summed E-state index contributed by atoms with van der Waals surface area (Å²) in [4.78, 5) is 26.8. The first-order chi connectivity index (χ1) is 13.0. The molecule has 2 amide bonds. The first kappa shape index (κ1) is 19.0. The van der Waals surface area contributed by atoms with Crippen molar-refractivity contribution in [1.82, 2.24) is 5.32 Å². The van der Waals surface area contributed by atoms with Crippen molar-refractivity contribution in [2.45, 2.75) is 39.2 Å². The molecule has 5 nitrogen and oxygen atoms in total. The van der Waals surface area contributed by atoms with Crippen LogP contribution in [0.1, 0.15) is 29.5 Å². The third-order valence-electron chi connectivity index (χ3n) is 4.87. The van der Waals surface area contributed by atoms with Gasteiger partial charge in [0, 0.05) is 18.7 Å². The molecular weight excluding hydrogens is 340 g/mol. The van der Waals surface area contributed by atoms with Gasteiger partial charge in [-0.05, 0) is 61.6 Å². The third-order valence-corrected chi connectivity index (χ3v) is 4.87. The van der Waals surface area contributed by atoms with Gasteiger partial charge in [0.1, 0.15) is 11.8 Å². The molecule has 1 N–H and O–H groups in total. The van der Waals surface area contributed by atoms with E-state index in [1.807, 2.05) is 50.2 Å². The summed E-state index contributed by atoms with van der Waals surface area (Å²) < 4.78 is 5.32. The number of para-hydroxylation sites is 1. The molecular formula is C22H26N2O3. The van der Waals surface area contributed by atoms with E-state index in [1.54, 1.807) is 12.0 Å². The third kappa shape index (κ3) is 4.48. The van der Waals surface area contributed by atoms with Gasteiger partial charge in [-0.25, -0.2) is 0 Å². The van der Waals surface area contributed by atoms with Crippen molar-refractivity contribution in [1.29, 1.82) is 0 Å². The van der Waals surface area contributed by atoms with Crippen LogP contribution < -0.4 is 15.0 Å². The number of carbonyl (C=O) groups is 2. The number of anilines is 1. The van der Waals surface area contributed by atoms with E-state index in [9.17, 15) is 9.59 Å². The summed E-state index contributed by atoms with van der Waals surface area (Å²) in [6, 6.07) is 13.3. The predicted molar refractivity (Wildman–Crippen MR) is 106 cm³/mol. The minimum Gasteiger partial charge on any atom is -0.496 e. The Balaban J connectivity index is 1.58. The summed E-state index contributed by atoms with van der Waals surface area (Å²) in [7, 11) is 1.62. The van der Waals surface area contributed by atoms with Crippen molar-refractivity contribution in [3.63, 3.8) is 0 Å². The van der Waals surface area contributed by atoms with Gasteiger partial charge >= 0.3 is 0 Å². The van der Waals surface area contributed by atoms with Crippen molar-refractivity contribution < 1.29 is 14.3 Å². The molecule has 1 aliphatic heterocycles. The molecule has 1 saturated heterocycles. The van der Waals surface area contributed by atoms with Gasteiger partial charge < -0.3 is 15.0 Å². The molecule has 2 aromatic rings. The fourth-order valence-corrected chi connectivity index (χ4v) is 3.60. The minimum atomic E-state index is -0.448. The number of benzene rings is 2. The Kier molecular flexibility index (Phi) is 5.79. The predicted octanol–water partition coefficient (Wildman–Crippen LogP) is 3.17. The Labute approximate surface area is 160 Å². The lowest BCUT2D eigenvalue weighted by Gasteiger charge is -2.18. The zero-order valence-corrected chi connectivity index (χ0v) is 16.1. The first-order valence-corrected chi connectivity index (χ1v) is 9.29. The van der Waals surface area contributed by atoms with E-state index in [-0.39, 0.29) is 11.8 Å². The van der Waals surface area contributed by atoms with Crippen LogP contribution in [-0.2, 0) is 16.0 Å². The van der Waals surface area contributed by atoms with Crippen molar-refractivity contribution in [3.05, 3.63) is 59.2 Å². The zero-order valence-electron chi connectivity index (χ0n) is 16.1. The number of methoxy groups -OCH3 is 1. The molecule has 0 bridgehead atoms. The van der Waals surface area contributed by atoms with Gasteiger partial charge in [-0.3, -0.25) is 9.59 Å². The number of ether oxygens (including phenoxy) is 1. The summed E-state index contributed by atoms with van der Waals surface area (Å²) in [6.07, 6.45) is 1.54. The number of rotatable bonds is 6. The summed E-state index contributed by atoms with van der Waals surface area (Å²) in [5.74, 6) is 0.635. The average molecular weight is 366 g/mol. The monoisotopic (exact) mass is 366 g/mol. The molecule has 142 valence electrons.